The lowest BCUT2D eigenvalue weighted by Crippen LogP contribution is -2.37. The van der Waals surface area contributed by atoms with Gasteiger partial charge in [0, 0.05) is 37.4 Å². The summed E-state index contributed by atoms with van der Waals surface area (Å²) in [5.74, 6) is 0.406. The molecule has 3 amide bonds. The number of carbonyl (C=O) groups is 2. The van der Waals surface area contributed by atoms with E-state index in [2.05, 4.69) is 20.9 Å². The molecule has 1 aromatic rings. The molecule has 1 aromatic carbocycles. The van der Waals surface area contributed by atoms with Crippen molar-refractivity contribution in [1.82, 2.24) is 10.2 Å². The minimum atomic E-state index is -0.193. The highest BCUT2D eigenvalue weighted by atomic mass is 16.2. The van der Waals surface area contributed by atoms with Gasteiger partial charge in [0.1, 0.15) is 0 Å². The first-order valence-corrected chi connectivity index (χ1v) is 9.77. The highest BCUT2D eigenvalue weighted by Crippen LogP contribution is 2.27. The normalized spacial score (nSPS) is 21.3. The topological polar surface area (TPSA) is 73.5 Å². The summed E-state index contributed by atoms with van der Waals surface area (Å²) in [6.45, 7) is 4.44. The second kappa shape index (κ2) is 9.03. The third-order valence-electron chi connectivity index (χ3n) is 5.40. The lowest BCUT2D eigenvalue weighted by Gasteiger charge is -2.31. The molecule has 1 atom stereocenters. The van der Waals surface area contributed by atoms with E-state index in [1.165, 1.54) is 39.0 Å². The number of nitrogens with zero attached hydrogens (tertiary/aromatic N) is 1. The number of amides is 3. The summed E-state index contributed by atoms with van der Waals surface area (Å²) in [5.41, 5.74) is 1.35. The standard InChI is InChI=1S/C20H30N4O2/c1-15(25)22-17-6-5-7-18(12-17)23-20(26)21-13-16-10-11-24(14-16)19-8-3-2-4-9-19/h5-7,12,16,19H,2-4,8-11,13-14H2,1H3,(H,22,25)(H2,21,23,26)/t16-/m0/s1. The van der Waals surface area contributed by atoms with Crippen molar-refractivity contribution >= 4 is 23.3 Å². The van der Waals surface area contributed by atoms with Crippen LogP contribution in [-0.2, 0) is 4.79 Å². The lowest BCUT2D eigenvalue weighted by atomic mass is 9.94. The SMILES string of the molecule is CC(=O)Nc1cccc(NC(=O)NC[C@@H]2CCN(C3CCCCC3)C2)c1. The molecule has 0 bridgehead atoms. The van der Waals surface area contributed by atoms with E-state index in [1.807, 2.05) is 6.07 Å². The average molecular weight is 358 g/mol. The first kappa shape index (κ1) is 18.7. The van der Waals surface area contributed by atoms with Gasteiger partial charge in [-0.2, -0.15) is 0 Å². The van der Waals surface area contributed by atoms with Crippen molar-refractivity contribution in [1.29, 1.82) is 0 Å². The third kappa shape index (κ3) is 5.46. The molecule has 6 nitrogen and oxygen atoms in total. The van der Waals surface area contributed by atoms with Crippen LogP contribution < -0.4 is 16.0 Å². The molecule has 2 fully saturated rings. The Bertz CT molecular complexity index is 628. The second-order valence-electron chi connectivity index (χ2n) is 7.54. The molecule has 1 aliphatic heterocycles. The maximum atomic E-state index is 12.2. The number of anilines is 2. The van der Waals surface area contributed by atoms with Gasteiger partial charge in [0.2, 0.25) is 5.91 Å². The Kier molecular flexibility index (Phi) is 6.50. The summed E-state index contributed by atoms with van der Waals surface area (Å²) < 4.78 is 0. The molecule has 1 aliphatic carbocycles. The molecule has 142 valence electrons. The van der Waals surface area contributed by atoms with E-state index >= 15 is 0 Å². The van der Waals surface area contributed by atoms with E-state index in [-0.39, 0.29) is 11.9 Å². The van der Waals surface area contributed by atoms with Gasteiger partial charge in [0.25, 0.3) is 0 Å². The van der Waals surface area contributed by atoms with Crippen LogP contribution in [-0.4, -0.2) is 42.5 Å². The quantitative estimate of drug-likeness (QED) is 0.755. The van der Waals surface area contributed by atoms with E-state index in [0.29, 0.717) is 23.8 Å². The number of benzene rings is 1. The molecule has 0 unspecified atom stereocenters. The Morgan fingerprint density at radius 2 is 1.81 bits per heavy atom. The number of hydrogen-bond acceptors (Lipinski definition) is 3. The van der Waals surface area contributed by atoms with Crippen molar-refractivity contribution in [3.05, 3.63) is 24.3 Å². The summed E-state index contributed by atoms with van der Waals surface area (Å²) in [4.78, 5) is 25.9. The highest BCUT2D eigenvalue weighted by Gasteiger charge is 2.29. The van der Waals surface area contributed by atoms with Crippen LogP contribution in [0.1, 0.15) is 45.4 Å². The zero-order valence-electron chi connectivity index (χ0n) is 15.6. The zero-order chi connectivity index (χ0) is 18.4. The summed E-state index contributed by atoms with van der Waals surface area (Å²) in [5, 5.41) is 8.55. The van der Waals surface area contributed by atoms with Crippen LogP contribution in [0.4, 0.5) is 16.2 Å². The van der Waals surface area contributed by atoms with Crippen LogP contribution in [0.2, 0.25) is 0 Å². The Balaban J connectivity index is 1.41. The predicted molar refractivity (Wildman–Crippen MR) is 104 cm³/mol. The van der Waals surface area contributed by atoms with Gasteiger partial charge in [-0.3, -0.25) is 4.79 Å². The van der Waals surface area contributed by atoms with Gasteiger partial charge in [-0.1, -0.05) is 25.3 Å². The highest BCUT2D eigenvalue weighted by molar-refractivity contribution is 5.92. The summed E-state index contributed by atoms with van der Waals surface area (Å²) in [7, 11) is 0. The molecular formula is C20H30N4O2. The van der Waals surface area contributed by atoms with E-state index < -0.39 is 0 Å². The smallest absolute Gasteiger partial charge is 0.319 e. The van der Waals surface area contributed by atoms with Crippen molar-refractivity contribution in [2.75, 3.05) is 30.3 Å². The molecule has 0 spiro atoms. The van der Waals surface area contributed by atoms with E-state index in [1.54, 1.807) is 18.2 Å². The van der Waals surface area contributed by atoms with Crippen molar-refractivity contribution in [3.8, 4) is 0 Å². The Morgan fingerprint density at radius 3 is 2.54 bits per heavy atom. The van der Waals surface area contributed by atoms with Gasteiger partial charge in [0.15, 0.2) is 0 Å². The monoisotopic (exact) mass is 358 g/mol. The second-order valence-corrected chi connectivity index (χ2v) is 7.54. The van der Waals surface area contributed by atoms with Gasteiger partial charge in [-0.25, -0.2) is 4.79 Å². The van der Waals surface area contributed by atoms with Crippen LogP contribution in [0.5, 0.6) is 0 Å². The van der Waals surface area contributed by atoms with Crippen LogP contribution in [0.25, 0.3) is 0 Å². The van der Waals surface area contributed by atoms with Gasteiger partial charge in [0.05, 0.1) is 0 Å². The van der Waals surface area contributed by atoms with Gasteiger partial charge in [-0.05, 0) is 49.9 Å². The molecular weight excluding hydrogens is 328 g/mol. The van der Waals surface area contributed by atoms with Crippen molar-refractivity contribution in [2.45, 2.75) is 51.5 Å². The fourth-order valence-corrected chi connectivity index (χ4v) is 4.10. The molecule has 1 saturated carbocycles. The lowest BCUT2D eigenvalue weighted by molar-refractivity contribution is -0.114. The number of urea groups is 1. The predicted octanol–water partition coefficient (Wildman–Crippen LogP) is 3.42. The van der Waals surface area contributed by atoms with Crippen LogP contribution >= 0.6 is 0 Å². The summed E-state index contributed by atoms with van der Waals surface area (Å²) in [6.07, 6.45) is 7.96. The van der Waals surface area contributed by atoms with Gasteiger partial charge < -0.3 is 20.9 Å². The summed E-state index contributed by atoms with van der Waals surface area (Å²) >= 11 is 0. The molecule has 0 aromatic heterocycles. The van der Waals surface area contributed by atoms with Crippen molar-refractivity contribution in [3.63, 3.8) is 0 Å². The molecule has 6 heteroatoms. The Morgan fingerprint density at radius 1 is 1.08 bits per heavy atom. The number of likely N-dealkylation sites (tertiary alicyclic amines) is 1. The largest absolute Gasteiger partial charge is 0.338 e. The number of carbonyl (C=O) groups excluding carboxylic acids is 2. The fourth-order valence-electron chi connectivity index (χ4n) is 4.10. The van der Waals surface area contributed by atoms with E-state index in [0.717, 1.165) is 25.6 Å². The molecule has 1 heterocycles. The average Bonchev–Trinajstić information content (AvgIpc) is 3.09. The fraction of sp³-hybridized carbons (Fsp3) is 0.600. The van der Waals surface area contributed by atoms with Crippen LogP contribution in [0.15, 0.2) is 24.3 Å². The molecule has 3 rings (SSSR count). The minimum absolute atomic E-state index is 0.129. The third-order valence-corrected chi connectivity index (χ3v) is 5.40. The number of nitrogens with one attached hydrogen (secondary N) is 3. The molecule has 0 radical (unpaired) electrons. The van der Waals surface area contributed by atoms with E-state index in [9.17, 15) is 9.59 Å². The maximum Gasteiger partial charge on any atom is 0.319 e. The molecule has 1 saturated heterocycles. The number of hydrogen-bond donors (Lipinski definition) is 3. The molecule has 3 N–H and O–H groups in total. The zero-order valence-corrected chi connectivity index (χ0v) is 15.6. The van der Waals surface area contributed by atoms with Crippen molar-refractivity contribution in [2.24, 2.45) is 5.92 Å². The van der Waals surface area contributed by atoms with Crippen molar-refractivity contribution < 1.29 is 9.59 Å². The van der Waals surface area contributed by atoms with Crippen LogP contribution in [0, 0.1) is 5.92 Å². The molecule has 26 heavy (non-hydrogen) atoms. The summed E-state index contributed by atoms with van der Waals surface area (Å²) in [6, 6.07) is 7.73. The number of rotatable bonds is 5. The Labute approximate surface area is 155 Å². The minimum Gasteiger partial charge on any atom is -0.338 e. The first-order valence-electron chi connectivity index (χ1n) is 9.77. The van der Waals surface area contributed by atoms with E-state index in [4.69, 9.17) is 0 Å². The first-order chi connectivity index (χ1) is 12.6. The van der Waals surface area contributed by atoms with Gasteiger partial charge in [-0.15, -0.1) is 0 Å². The Hall–Kier alpha value is -2.08. The molecule has 2 aliphatic rings. The van der Waals surface area contributed by atoms with Crippen LogP contribution in [0.3, 0.4) is 0 Å². The van der Waals surface area contributed by atoms with Gasteiger partial charge >= 0.3 is 6.03 Å². The maximum absolute atomic E-state index is 12.2.